The lowest BCUT2D eigenvalue weighted by Gasteiger charge is -2.13. The Bertz CT molecular complexity index is 454. The number of thioether (sulfide) groups is 1. The molecule has 98 valence electrons. The van der Waals surface area contributed by atoms with Gasteiger partial charge in [0.2, 0.25) is 0 Å². The maximum absolute atomic E-state index is 5.63. The molecule has 4 nitrogen and oxygen atoms in total. The van der Waals surface area contributed by atoms with Gasteiger partial charge < -0.3 is 14.9 Å². The molecule has 0 radical (unpaired) electrons. The van der Waals surface area contributed by atoms with Crippen LogP contribution in [0.15, 0.2) is 33.9 Å². The van der Waals surface area contributed by atoms with Gasteiger partial charge >= 0.3 is 0 Å². The molecule has 0 saturated heterocycles. The molecule has 0 fully saturated rings. The number of ether oxygens (including phenoxy) is 1. The maximum Gasteiger partial charge on any atom is 0.256 e. The van der Waals surface area contributed by atoms with Gasteiger partial charge in [0.05, 0.1) is 6.10 Å². The highest BCUT2D eigenvalue weighted by Gasteiger charge is 2.09. The molecule has 1 aromatic carbocycles. The SMILES string of the molecule is CCOC(CN)CCSc1nc2ccccc2o1. The third kappa shape index (κ3) is 3.48. The number of hydrogen-bond donors (Lipinski definition) is 1. The fourth-order valence-electron chi connectivity index (χ4n) is 1.70. The van der Waals surface area contributed by atoms with E-state index in [4.69, 9.17) is 14.9 Å². The number of nitrogens with two attached hydrogens (primary N) is 1. The predicted molar refractivity (Wildman–Crippen MR) is 73.8 cm³/mol. The summed E-state index contributed by atoms with van der Waals surface area (Å²) >= 11 is 1.60. The molecule has 0 aliphatic carbocycles. The quantitative estimate of drug-likeness (QED) is 0.781. The van der Waals surface area contributed by atoms with Crippen molar-refractivity contribution in [2.75, 3.05) is 18.9 Å². The van der Waals surface area contributed by atoms with Gasteiger partial charge in [0.1, 0.15) is 5.52 Å². The molecule has 2 aromatic rings. The molecule has 1 aromatic heterocycles. The van der Waals surface area contributed by atoms with E-state index in [1.54, 1.807) is 11.8 Å². The number of aromatic nitrogens is 1. The van der Waals surface area contributed by atoms with Crippen molar-refractivity contribution in [3.63, 3.8) is 0 Å². The Balaban J connectivity index is 1.86. The van der Waals surface area contributed by atoms with Crippen molar-refractivity contribution in [1.82, 2.24) is 4.98 Å². The molecule has 5 heteroatoms. The first-order chi connectivity index (χ1) is 8.83. The number of oxazole rings is 1. The van der Waals surface area contributed by atoms with Crippen molar-refractivity contribution in [3.05, 3.63) is 24.3 Å². The minimum Gasteiger partial charge on any atom is -0.431 e. The number of hydrogen-bond acceptors (Lipinski definition) is 5. The number of benzene rings is 1. The van der Waals surface area contributed by atoms with Crippen LogP contribution in [0.5, 0.6) is 0 Å². The Morgan fingerprint density at radius 1 is 1.44 bits per heavy atom. The molecule has 0 spiro atoms. The second kappa shape index (κ2) is 6.78. The van der Waals surface area contributed by atoms with E-state index in [0.29, 0.717) is 18.4 Å². The number of nitrogens with zero attached hydrogens (tertiary/aromatic N) is 1. The highest BCUT2D eigenvalue weighted by atomic mass is 32.2. The van der Waals surface area contributed by atoms with Crippen LogP contribution >= 0.6 is 11.8 Å². The van der Waals surface area contributed by atoms with Crippen LogP contribution in [0.3, 0.4) is 0 Å². The predicted octanol–water partition coefficient (Wildman–Crippen LogP) is 2.67. The normalized spacial score (nSPS) is 13.0. The lowest BCUT2D eigenvalue weighted by atomic mass is 10.3. The fraction of sp³-hybridized carbons (Fsp3) is 0.462. The first-order valence-electron chi connectivity index (χ1n) is 6.13. The molecular formula is C13H18N2O2S. The van der Waals surface area contributed by atoms with Gasteiger partial charge in [-0.2, -0.15) is 0 Å². The third-order valence-electron chi connectivity index (χ3n) is 2.60. The maximum atomic E-state index is 5.63. The standard InChI is InChI=1S/C13H18N2O2S/c1-2-16-10(9-14)7-8-18-13-15-11-5-3-4-6-12(11)17-13/h3-6,10H,2,7-9,14H2,1H3. The molecule has 1 heterocycles. The summed E-state index contributed by atoms with van der Waals surface area (Å²) in [6, 6.07) is 7.78. The van der Waals surface area contributed by atoms with Crippen molar-refractivity contribution in [3.8, 4) is 0 Å². The zero-order valence-electron chi connectivity index (χ0n) is 10.5. The third-order valence-corrected chi connectivity index (χ3v) is 3.47. The highest BCUT2D eigenvalue weighted by Crippen LogP contribution is 2.24. The van der Waals surface area contributed by atoms with Crippen LogP contribution < -0.4 is 5.73 Å². The number of para-hydroxylation sites is 2. The molecule has 2 N–H and O–H groups in total. The molecular weight excluding hydrogens is 248 g/mol. The molecule has 0 bridgehead atoms. The summed E-state index contributed by atoms with van der Waals surface area (Å²) in [5.74, 6) is 0.898. The Hall–Kier alpha value is -1.04. The molecule has 0 amide bonds. The highest BCUT2D eigenvalue weighted by molar-refractivity contribution is 7.99. The summed E-state index contributed by atoms with van der Waals surface area (Å²) in [4.78, 5) is 4.41. The topological polar surface area (TPSA) is 61.3 Å². The number of rotatable bonds is 7. The monoisotopic (exact) mass is 266 g/mol. The average Bonchev–Trinajstić information content (AvgIpc) is 2.80. The summed E-state index contributed by atoms with van der Waals surface area (Å²) in [5, 5.41) is 0.712. The largest absolute Gasteiger partial charge is 0.431 e. The van der Waals surface area contributed by atoms with Crippen LogP contribution in [0, 0.1) is 0 Å². The van der Waals surface area contributed by atoms with E-state index in [1.165, 1.54) is 0 Å². The van der Waals surface area contributed by atoms with E-state index in [1.807, 2.05) is 31.2 Å². The van der Waals surface area contributed by atoms with Gasteiger partial charge in [-0.1, -0.05) is 23.9 Å². The zero-order chi connectivity index (χ0) is 12.8. The summed E-state index contributed by atoms with van der Waals surface area (Å²) in [6.07, 6.45) is 1.04. The number of fused-ring (bicyclic) bond motifs is 1. The Morgan fingerprint density at radius 2 is 2.28 bits per heavy atom. The molecule has 1 atom stereocenters. The first kappa shape index (κ1) is 13.4. The lowest BCUT2D eigenvalue weighted by Crippen LogP contribution is -2.24. The second-order valence-corrected chi connectivity index (χ2v) is 4.94. The molecule has 0 saturated carbocycles. The minimum absolute atomic E-state index is 0.131. The van der Waals surface area contributed by atoms with E-state index >= 15 is 0 Å². The van der Waals surface area contributed by atoms with E-state index < -0.39 is 0 Å². The van der Waals surface area contributed by atoms with Crippen LogP contribution in [0.2, 0.25) is 0 Å². The summed E-state index contributed by atoms with van der Waals surface area (Å²) < 4.78 is 11.1. The zero-order valence-corrected chi connectivity index (χ0v) is 11.3. The molecule has 2 rings (SSSR count). The van der Waals surface area contributed by atoms with Crippen LogP contribution in [0.4, 0.5) is 0 Å². The van der Waals surface area contributed by atoms with Gasteiger partial charge in [-0.05, 0) is 25.5 Å². The summed E-state index contributed by atoms with van der Waals surface area (Å²) in [6.45, 7) is 3.24. The van der Waals surface area contributed by atoms with Gasteiger partial charge in [0, 0.05) is 18.9 Å². The van der Waals surface area contributed by atoms with Gasteiger partial charge in [-0.15, -0.1) is 0 Å². The van der Waals surface area contributed by atoms with E-state index in [-0.39, 0.29) is 6.10 Å². The van der Waals surface area contributed by atoms with Gasteiger partial charge in [-0.25, -0.2) is 4.98 Å². The Morgan fingerprint density at radius 3 is 3.00 bits per heavy atom. The Kier molecular flexibility index (Phi) is 5.04. The van der Waals surface area contributed by atoms with Gasteiger partial charge in [0.25, 0.3) is 5.22 Å². The molecule has 18 heavy (non-hydrogen) atoms. The lowest BCUT2D eigenvalue weighted by molar-refractivity contribution is 0.0674. The van der Waals surface area contributed by atoms with Crippen LogP contribution in [-0.4, -0.2) is 30.0 Å². The van der Waals surface area contributed by atoms with Crippen LogP contribution in [-0.2, 0) is 4.74 Å². The molecule has 0 aliphatic heterocycles. The summed E-state index contributed by atoms with van der Waals surface area (Å²) in [7, 11) is 0. The first-order valence-corrected chi connectivity index (χ1v) is 7.12. The van der Waals surface area contributed by atoms with Gasteiger partial charge in [0.15, 0.2) is 5.58 Å². The summed E-state index contributed by atoms with van der Waals surface area (Å²) in [5.41, 5.74) is 7.36. The minimum atomic E-state index is 0.131. The van der Waals surface area contributed by atoms with Crippen molar-refractivity contribution >= 4 is 22.9 Å². The fourth-order valence-corrected chi connectivity index (χ4v) is 2.56. The van der Waals surface area contributed by atoms with Crippen molar-refractivity contribution in [2.45, 2.75) is 24.7 Å². The van der Waals surface area contributed by atoms with E-state index in [9.17, 15) is 0 Å². The molecule has 0 aliphatic rings. The Labute approximate surface area is 111 Å². The van der Waals surface area contributed by atoms with Crippen LogP contribution in [0.1, 0.15) is 13.3 Å². The van der Waals surface area contributed by atoms with Crippen LogP contribution in [0.25, 0.3) is 11.1 Å². The van der Waals surface area contributed by atoms with Crippen molar-refractivity contribution in [1.29, 1.82) is 0 Å². The van der Waals surface area contributed by atoms with Gasteiger partial charge in [-0.3, -0.25) is 0 Å². The average molecular weight is 266 g/mol. The van der Waals surface area contributed by atoms with Crippen molar-refractivity contribution in [2.24, 2.45) is 5.73 Å². The van der Waals surface area contributed by atoms with Crippen molar-refractivity contribution < 1.29 is 9.15 Å². The smallest absolute Gasteiger partial charge is 0.256 e. The molecule has 1 unspecified atom stereocenters. The van der Waals surface area contributed by atoms with E-state index in [0.717, 1.165) is 23.3 Å². The second-order valence-electron chi connectivity index (χ2n) is 3.90. The van der Waals surface area contributed by atoms with E-state index in [2.05, 4.69) is 4.98 Å².